The monoisotopic (exact) mass is 274 g/mol. The molecule has 0 saturated carbocycles. The predicted octanol–water partition coefficient (Wildman–Crippen LogP) is 2.23. The summed E-state index contributed by atoms with van der Waals surface area (Å²) < 4.78 is 15.2. The van der Waals surface area contributed by atoms with E-state index in [1.54, 1.807) is 12.1 Å². The Morgan fingerprint density at radius 2 is 2.29 bits per heavy atom. The lowest BCUT2D eigenvalue weighted by Gasteiger charge is -2.01. The second-order valence-electron chi connectivity index (χ2n) is 2.52. The van der Waals surface area contributed by atoms with E-state index in [4.69, 9.17) is 12.2 Å². The van der Waals surface area contributed by atoms with E-state index in [0.29, 0.717) is 10.2 Å². The molecule has 0 aliphatic rings. The van der Waals surface area contributed by atoms with Gasteiger partial charge in [-0.3, -0.25) is 0 Å². The number of rotatable bonds is 1. The van der Waals surface area contributed by atoms with Crippen molar-refractivity contribution in [3.8, 4) is 5.69 Å². The van der Waals surface area contributed by atoms with Gasteiger partial charge in [0.1, 0.15) is 5.82 Å². The molecular weight excluding hydrogens is 271 g/mol. The molecule has 0 amide bonds. The fourth-order valence-corrected chi connectivity index (χ4v) is 1.42. The first-order valence-electron chi connectivity index (χ1n) is 3.64. The van der Waals surface area contributed by atoms with Gasteiger partial charge >= 0.3 is 0 Å². The van der Waals surface area contributed by atoms with Crippen LogP contribution < -0.4 is 0 Å². The molecule has 0 aliphatic carbocycles. The van der Waals surface area contributed by atoms with E-state index < -0.39 is 0 Å². The van der Waals surface area contributed by atoms with E-state index in [1.807, 2.05) is 0 Å². The highest BCUT2D eigenvalue weighted by Crippen LogP contribution is 2.18. The Hall–Kier alpha value is -1.08. The summed E-state index contributed by atoms with van der Waals surface area (Å²) in [5.41, 5.74) is 0.556. The van der Waals surface area contributed by atoms with Gasteiger partial charge in [0.25, 0.3) is 0 Å². The fraction of sp³-hybridized carbons (Fsp3) is 0. The average molecular weight is 275 g/mol. The predicted molar refractivity (Wildman–Crippen MR) is 54.2 cm³/mol. The minimum Gasteiger partial charge on any atom is -0.209 e. The van der Waals surface area contributed by atoms with Gasteiger partial charge in [-0.25, -0.2) is 9.07 Å². The van der Waals surface area contributed by atoms with Gasteiger partial charge < -0.3 is 0 Å². The van der Waals surface area contributed by atoms with Crippen LogP contribution in [-0.2, 0) is 0 Å². The summed E-state index contributed by atoms with van der Waals surface area (Å²) >= 11 is 7.93. The van der Waals surface area contributed by atoms with Crippen molar-refractivity contribution in [3.63, 3.8) is 0 Å². The number of nitrogens with zero attached hydrogens (tertiary/aromatic N) is 3. The molecule has 7 heteroatoms. The number of H-pyrrole nitrogens is 1. The minimum atomic E-state index is -0.362. The number of nitrogens with one attached hydrogen (secondary N) is 1. The first kappa shape index (κ1) is 9.47. The van der Waals surface area contributed by atoms with E-state index in [2.05, 4.69) is 31.5 Å². The second-order valence-corrected chi connectivity index (χ2v) is 3.74. The molecule has 0 spiro atoms. The molecular formula is C7H4BrFN4S. The molecule has 0 aliphatic heterocycles. The van der Waals surface area contributed by atoms with Gasteiger partial charge in [-0.1, -0.05) is 10.3 Å². The van der Waals surface area contributed by atoms with E-state index >= 15 is 0 Å². The molecule has 1 aromatic heterocycles. The molecule has 0 radical (unpaired) electrons. The van der Waals surface area contributed by atoms with Crippen LogP contribution in [0.15, 0.2) is 22.7 Å². The van der Waals surface area contributed by atoms with Crippen molar-refractivity contribution in [1.82, 2.24) is 20.2 Å². The Morgan fingerprint density at radius 3 is 2.86 bits per heavy atom. The Kier molecular flexibility index (Phi) is 2.42. The van der Waals surface area contributed by atoms with Gasteiger partial charge in [-0.15, -0.1) is 0 Å². The largest absolute Gasteiger partial charge is 0.242 e. The number of aromatic nitrogens is 4. The Bertz CT molecular complexity index is 520. The van der Waals surface area contributed by atoms with Crippen LogP contribution in [0.4, 0.5) is 4.39 Å². The molecule has 2 aromatic rings. The van der Waals surface area contributed by atoms with Crippen LogP contribution in [-0.4, -0.2) is 20.2 Å². The first-order chi connectivity index (χ1) is 6.68. The number of halogens is 2. The van der Waals surface area contributed by atoms with Gasteiger partial charge in [0.05, 0.1) is 10.2 Å². The zero-order valence-electron chi connectivity index (χ0n) is 6.74. The SMILES string of the molecule is Fc1cc(-n2[nH]nnc2=S)ccc1Br. The molecule has 0 fully saturated rings. The van der Waals surface area contributed by atoms with Gasteiger partial charge in [0, 0.05) is 6.07 Å². The van der Waals surface area contributed by atoms with Crippen molar-refractivity contribution in [3.05, 3.63) is 33.3 Å². The molecule has 0 saturated heterocycles. The summed E-state index contributed by atoms with van der Waals surface area (Å²) in [5.74, 6) is -0.362. The van der Waals surface area contributed by atoms with Crippen LogP contribution in [0.2, 0.25) is 0 Å². The summed E-state index contributed by atoms with van der Waals surface area (Å²) in [5, 5.41) is 9.62. The maximum absolute atomic E-state index is 13.2. The molecule has 72 valence electrons. The maximum atomic E-state index is 13.2. The fourth-order valence-electron chi connectivity index (χ4n) is 0.990. The van der Waals surface area contributed by atoms with Crippen molar-refractivity contribution in [2.24, 2.45) is 0 Å². The summed E-state index contributed by atoms with van der Waals surface area (Å²) in [6.07, 6.45) is 0. The topological polar surface area (TPSA) is 46.5 Å². The smallest absolute Gasteiger partial charge is 0.209 e. The van der Waals surface area contributed by atoms with Crippen molar-refractivity contribution in [1.29, 1.82) is 0 Å². The van der Waals surface area contributed by atoms with Crippen molar-refractivity contribution in [2.45, 2.75) is 0 Å². The number of aromatic amines is 1. The summed E-state index contributed by atoms with van der Waals surface area (Å²) in [7, 11) is 0. The van der Waals surface area contributed by atoms with Gasteiger partial charge in [-0.2, -0.15) is 5.21 Å². The number of hydrogen-bond acceptors (Lipinski definition) is 3. The van der Waals surface area contributed by atoms with E-state index in [9.17, 15) is 4.39 Å². The van der Waals surface area contributed by atoms with E-state index in [-0.39, 0.29) is 10.6 Å². The Balaban J connectivity index is 2.59. The van der Waals surface area contributed by atoms with Crippen molar-refractivity contribution in [2.75, 3.05) is 0 Å². The van der Waals surface area contributed by atoms with E-state index in [0.717, 1.165) is 0 Å². The van der Waals surface area contributed by atoms with Crippen molar-refractivity contribution >= 4 is 28.1 Å². The van der Waals surface area contributed by atoms with Gasteiger partial charge in [-0.05, 0) is 40.3 Å². The van der Waals surface area contributed by atoms with Crippen LogP contribution in [0.3, 0.4) is 0 Å². The highest BCUT2D eigenvalue weighted by molar-refractivity contribution is 9.10. The van der Waals surface area contributed by atoms with Crippen LogP contribution in [0.1, 0.15) is 0 Å². The quantitative estimate of drug-likeness (QED) is 0.812. The van der Waals surface area contributed by atoms with Crippen LogP contribution in [0.25, 0.3) is 5.69 Å². The van der Waals surface area contributed by atoms with Gasteiger partial charge in [0.15, 0.2) is 0 Å². The molecule has 0 atom stereocenters. The molecule has 1 heterocycles. The lowest BCUT2D eigenvalue weighted by Crippen LogP contribution is -1.97. The molecule has 2 rings (SSSR count). The minimum absolute atomic E-state index is 0.256. The van der Waals surface area contributed by atoms with Crippen LogP contribution >= 0.6 is 28.1 Å². The Labute approximate surface area is 91.9 Å². The lowest BCUT2D eigenvalue weighted by atomic mass is 10.3. The number of tetrazole rings is 1. The normalized spacial score (nSPS) is 10.4. The first-order valence-corrected chi connectivity index (χ1v) is 4.84. The number of hydrogen-bond donors (Lipinski definition) is 1. The third-order valence-corrected chi connectivity index (χ3v) is 2.54. The zero-order chi connectivity index (χ0) is 10.1. The highest BCUT2D eigenvalue weighted by Gasteiger charge is 2.03. The van der Waals surface area contributed by atoms with Crippen LogP contribution in [0, 0.1) is 10.6 Å². The average Bonchev–Trinajstić information content (AvgIpc) is 2.57. The van der Waals surface area contributed by atoms with Crippen LogP contribution in [0.5, 0.6) is 0 Å². The summed E-state index contributed by atoms with van der Waals surface area (Å²) in [6.45, 7) is 0. The molecule has 1 aromatic carbocycles. The third-order valence-electron chi connectivity index (χ3n) is 1.63. The maximum Gasteiger partial charge on any atom is 0.242 e. The third kappa shape index (κ3) is 1.60. The summed E-state index contributed by atoms with van der Waals surface area (Å²) in [6, 6.07) is 4.62. The van der Waals surface area contributed by atoms with Gasteiger partial charge in [0.2, 0.25) is 4.77 Å². The number of benzene rings is 1. The molecule has 4 nitrogen and oxygen atoms in total. The highest BCUT2D eigenvalue weighted by atomic mass is 79.9. The lowest BCUT2D eigenvalue weighted by molar-refractivity contribution is 0.618. The molecule has 14 heavy (non-hydrogen) atoms. The second kappa shape index (κ2) is 3.58. The van der Waals surface area contributed by atoms with Crippen molar-refractivity contribution < 1.29 is 4.39 Å². The molecule has 0 unspecified atom stereocenters. The standard InChI is InChI=1S/C7H4BrFN4S/c8-5-2-1-4(3-6(5)9)13-7(14)10-11-12-13/h1-3H,(H,10,12,14). The van der Waals surface area contributed by atoms with E-state index in [1.165, 1.54) is 10.7 Å². The summed E-state index contributed by atoms with van der Waals surface area (Å²) in [4.78, 5) is 0. The molecule has 1 N–H and O–H groups in total. The Morgan fingerprint density at radius 1 is 1.50 bits per heavy atom. The zero-order valence-corrected chi connectivity index (χ0v) is 9.14. The molecule has 0 bridgehead atoms.